The van der Waals surface area contributed by atoms with Gasteiger partial charge in [0.25, 0.3) is 0 Å². The lowest BCUT2D eigenvalue weighted by atomic mass is 10.0. The Bertz CT molecular complexity index is 920. The van der Waals surface area contributed by atoms with Gasteiger partial charge >= 0.3 is 0 Å². The summed E-state index contributed by atoms with van der Waals surface area (Å²) in [4.78, 5) is 13.6. The van der Waals surface area contributed by atoms with Gasteiger partial charge in [-0.15, -0.1) is 12.4 Å². The second-order valence-electron chi connectivity index (χ2n) is 8.00. The number of aryl methyl sites for hydroxylation is 1. The first-order chi connectivity index (χ1) is 14.5. The molecule has 166 valence electrons. The number of anilines is 2. The molecule has 3 N–H and O–H groups in total. The minimum atomic E-state index is -0.395. The van der Waals surface area contributed by atoms with Crippen molar-refractivity contribution in [2.75, 3.05) is 36.5 Å². The van der Waals surface area contributed by atoms with Crippen molar-refractivity contribution in [2.45, 2.75) is 33.0 Å². The van der Waals surface area contributed by atoms with E-state index in [0.717, 1.165) is 30.4 Å². The van der Waals surface area contributed by atoms with E-state index in [2.05, 4.69) is 94.4 Å². The highest BCUT2D eigenvalue weighted by molar-refractivity contribution is 6.06. The largest absolute Gasteiger partial charge is 0.378 e. The molecule has 2 heterocycles. The Morgan fingerprint density at radius 2 is 1.68 bits per heavy atom. The van der Waals surface area contributed by atoms with Crippen molar-refractivity contribution in [1.82, 2.24) is 4.90 Å². The van der Waals surface area contributed by atoms with E-state index in [9.17, 15) is 0 Å². The lowest BCUT2D eigenvalue weighted by Gasteiger charge is -2.41. The fraction of sp³-hybridized carbons (Fsp3) is 0.391. The van der Waals surface area contributed by atoms with Crippen LogP contribution in [0.5, 0.6) is 0 Å². The molecule has 0 saturated carbocycles. The van der Waals surface area contributed by atoms with Crippen LogP contribution in [0, 0.1) is 6.92 Å². The van der Waals surface area contributed by atoms with Crippen molar-refractivity contribution in [3.63, 3.8) is 0 Å². The molecule has 2 aromatic carbocycles. The molecule has 0 radical (unpaired) electrons. The van der Waals surface area contributed by atoms with Gasteiger partial charge < -0.3 is 20.7 Å². The summed E-state index contributed by atoms with van der Waals surface area (Å²) < 4.78 is 5.53. The minimum absolute atomic E-state index is 0. The molecule has 0 spiro atoms. The number of nitrogens with two attached hydrogens (primary N) is 1. The van der Waals surface area contributed by atoms with Gasteiger partial charge in [0.2, 0.25) is 18.2 Å². The van der Waals surface area contributed by atoms with Crippen LogP contribution in [-0.2, 0) is 4.74 Å². The van der Waals surface area contributed by atoms with E-state index in [-0.39, 0.29) is 18.4 Å². The van der Waals surface area contributed by atoms with Gasteiger partial charge in [-0.25, -0.2) is 4.99 Å². The van der Waals surface area contributed by atoms with Gasteiger partial charge in [-0.05, 0) is 42.7 Å². The van der Waals surface area contributed by atoms with Gasteiger partial charge in [-0.3, -0.25) is 4.90 Å². The fourth-order valence-corrected chi connectivity index (χ4v) is 3.64. The fourth-order valence-electron chi connectivity index (χ4n) is 3.64. The van der Waals surface area contributed by atoms with Crippen molar-refractivity contribution in [3.8, 4) is 0 Å². The lowest BCUT2D eigenvalue weighted by molar-refractivity contribution is 0.0671. The average Bonchev–Trinajstić information content (AvgIpc) is 2.75. The van der Waals surface area contributed by atoms with E-state index in [1.807, 2.05) is 0 Å². The third kappa shape index (κ3) is 5.29. The van der Waals surface area contributed by atoms with Crippen LogP contribution in [0.15, 0.2) is 58.5 Å². The smallest absolute Gasteiger partial charge is 0.222 e. The van der Waals surface area contributed by atoms with E-state index in [1.54, 1.807) is 0 Å². The molecule has 1 atom stereocenters. The van der Waals surface area contributed by atoms with Crippen molar-refractivity contribution < 1.29 is 4.74 Å². The van der Waals surface area contributed by atoms with E-state index in [1.165, 1.54) is 11.1 Å². The Kier molecular flexibility index (Phi) is 7.41. The van der Waals surface area contributed by atoms with Crippen molar-refractivity contribution in [1.29, 1.82) is 0 Å². The number of halogens is 1. The molecule has 2 aliphatic rings. The Morgan fingerprint density at radius 3 is 2.29 bits per heavy atom. The van der Waals surface area contributed by atoms with Crippen LogP contribution in [0.3, 0.4) is 0 Å². The summed E-state index contributed by atoms with van der Waals surface area (Å²) in [5, 5.41) is 3.53. The predicted octanol–water partition coefficient (Wildman–Crippen LogP) is 3.76. The van der Waals surface area contributed by atoms with E-state index in [4.69, 9.17) is 10.5 Å². The van der Waals surface area contributed by atoms with Crippen LogP contribution in [0.1, 0.15) is 30.9 Å². The van der Waals surface area contributed by atoms with Crippen molar-refractivity contribution in [2.24, 2.45) is 15.7 Å². The highest BCUT2D eigenvalue weighted by Gasteiger charge is 2.32. The quantitative estimate of drug-likeness (QED) is 0.753. The second-order valence-corrected chi connectivity index (χ2v) is 8.00. The topological polar surface area (TPSA) is 78.5 Å². The lowest BCUT2D eigenvalue weighted by Crippen LogP contribution is -2.57. The van der Waals surface area contributed by atoms with Gasteiger partial charge in [-0.2, -0.15) is 4.99 Å². The van der Waals surface area contributed by atoms with Crippen molar-refractivity contribution in [3.05, 3.63) is 59.7 Å². The molecule has 0 aliphatic carbocycles. The zero-order valence-electron chi connectivity index (χ0n) is 18.3. The van der Waals surface area contributed by atoms with E-state index in [0.29, 0.717) is 19.1 Å². The number of hydrogen-bond donors (Lipinski definition) is 2. The number of ether oxygens (including phenoxy) is 1. The number of rotatable bonds is 4. The van der Waals surface area contributed by atoms with E-state index < -0.39 is 6.29 Å². The zero-order valence-corrected chi connectivity index (χ0v) is 19.1. The standard InChI is InChI=1S/C23H30N6O.ClH/c1-16(2)18-6-8-19(9-7-18)25-22-26-21(24)27-23(28-12-14-30-15-13-28)29(22)20-10-4-17(3)5-11-20;/h4-11,16,22,25H,12-15H2,1-3H3,(H2,24,26);1H. The summed E-state index contributed by atoms with van der Waals surface area (Å²) in [7, 11) is 0. The van der Waals surface area contributed by atoms with Gasteiger partial charge in [0.1, 0.15) is 0 Å². The Balaban J connectivity index is 0.00000272. The highest BCUT2D eigenvalue weighted by Crippen LogP contribution is 2.25. The molecule has 0 bridgehead atoms. The van der Waals surface area contributed by atoms with E-state index >= 15 is 0 Å². The molecule has 1 saturated heterocycles. The number of guanidine groups is 2. The molecule has 0 aromatic heterocycles. The molecule has 2 aliphatic heterocycles. The Labute approximate surface area is 190 Å². The SMILES string of the molecule is Cc1ccc(N2C(N3CCOCC3)=NC(N)=NC2Nc2ccc(C(C)C)cc2)cc1.Cl. The van der Waals surface area contributed by atoms with Crippen LogP contribution in [-0.4, -0.2) is 49.4 Å². The average molecular weight is 443 g/mol. The van der Waals surface area contributed by atoms with Crippen molar-refractivity contribution >= 4 is 35.7 Å². The number of hydrogen-bond acceptors (Lipinski definition) is 7. The third-order valence-corrected chi connectivity index (χ3v) is 5.41. The van der Waals surface area contributed by atoms with Crippen LogP contribution in [0.4, 0.5) is 11.4 Å². The maximum Gasteiger partial charge on any atom is 0.222 e. The summed E-state index contributed by atoms with van der Waals surface area (Å²) in [5.74, 6) is 1.56. The summed E-state index contributed by atoms with van der Waals surface area (Å²) in [5.41, 5.74) is 10.7. The minimum Gasteiger partial charge on any atom is -0.378 e. The summed E-state index contributed by atoms with van der Waals surface area (Å²) in [6.45, 7) is 9.35. The molecule has 4 rings (SSSR count). The van der Waals surface area contributed by atoms with Crippen LogP contribution in [0.25, 0.3) is 0 Å². The van der Waals surface area contributed by atoms with Gasteiger partial charge in [-0.1, -0.05) is 43.7 Å². The van der Waals surface area contributed by atoms with Gasteiger partial charge in [0.05, 0.1) is 13.2 Å². The van der Waals surface area contributed by atoms with Gasteiger partial charge in [0.15, 0.2) is 0 Å². The normalized spacial score (nSPS) is 18.9. The summed E-state index contributed by atoms with van der Waals surface area (Å²) >= 11 is 0. The Hall–Kier alpha value is -2.77. The first-order valence-corrected chi connectivity index (χ1v) is 10.5. The Morgan fingerprint density at radius 1 is 1.03 bits per heavy atom. The monoisotopic (exact) mass is 442 g/mol. The molecule has 2 aromatic rings. The molecule has 0 amide bonds. The molecule has 7 nitrogen and oxygen atoms in total. The maximum absolute atomic E-state index is 6.14. The summed E-state index contributed by atoms with van der Waals surface area (Å²) in [6, 6.07) is 16.9. The van der Waals surface area contributed by atoms with Crippen LogP contribution < -0.4 is 16.0 Å². The molecule has 31 heavy (non-hydrogen) atoms. The first-order valence-electron chi connectivity index (χ1n) is 10.5. The molecule has 8 heteroatoms. The highest BCUT2D eigenvalue weighted by atomic mass is 35.5. The maximum atomic E-state index is 6.14. The number of aliphatic imine (C=N–C) groups is 2. The molecular formula is C23H31ClN6O. The summed E-state index contributed by atoms with van der Waals surface area (Å²) in [6.07, 6.45) is -0.395. The molecular weight excluding hydrogens is 412 g/mol. The first kappa shape index (κ1) is 22.9. The van der Waals surface area contributed by atoms with Crippen LogP contribution >= 0.6 is 12.4 Å². The number of nitrogens with zero attached hydrogens (tertiary/aromatic N) is 4. The third-order valence-electron chi connectivity index (χ3n) is 5.41. The number of nitrogens with one attached hydrogen (secondary N) is 1. The van der Waals surface area contributed by atoms with Crippen LogP contribution in [0.2, 0.25) is 0 Å². The van der Waals surface area contributed by atoms with Gasteiger partial charge in [0, 0.05) is 24.5 Å². The predicted molar refractivity (Wildman–Crippen MR) is 130 cm³/mol. The zero-order chi connectivity index (χ0) is 21.1. The number of benzene rings is 2. The molecule has 1 fully saturated rings. The number of morpholine rings is 1. The molecule has 1 unspecified atom stereocenters. The second kappa shape index (κ2) is 10.0.